The van der Waals surface area contributed by atoms with Crippen LogP contribution < -0.4 is 20.5 Å². The third-order valence-corrected chi connectivity index (χ3v) is 3.67. The van der Waals surface area contributed by atoms with Crippen molar-refractivity contribution in [3.63, 3.8) is 0 Å². The highest BCUT2D eigenvalue weighted by molar-refractivity contribution is 6.00. The van der Waals surface area contributed by atoms with Crippen LogP contribution in [0.3, 0.4) is 0 Å². The summed E-state index contributed by atoms with van der Waals surface area (Å²) in [5, 5.41) is 0.418. The molecule has 0 saturated carbocycles. The average Bonchev–Trinajstić information content (AvgIpc) is 2.68. The summed E-state index contributed by atoms with van der Waals surface area (Å²) in [5.74, 6) is 0.426. The molecule has 3 rings (SSSR count). The van der Waals surface area contributed by atoms with Gasteiger partial charge in [-0.2, -0.15) is 0 Å². The first-order chi connectivity index (χ1) is 12.6. The molecule has 26 heavy (non-hydrogen) atoms. The molecule has 1 aromatic heterocycles. The summed E-state index contributed by atoms with van der Waals surface area (Å²) in [6.45, 7) is 3.90. The molecule has 0 saturated heterocycles. The Balaban J connectivity index is 1.87. The number of carbonyl (C=O) groups is 1. The lowest BCUT2D eigenvalue weighted by Crippen LogP contribution is -2.33. The number of amides is 1. The van der Waals surface area contributed by atoms with Crippen LogP contribution in [-0.2, 0) is 0 Å². The van der Waals surface area contributed by atoms with E-state index in [0.717, 1.165) is 4.68 Å². The van der Waals surface area contributed by atoms with Gasteiger partial charge in [-0.3, -0.25) is 15.0 Å². The normalized spacial score (nSPS) is 10.3. The van der Waals surface area contributed by atoms with Crippen LogP contribution in [0, 0.1) is 0 Å². The molecule has 1 heterocycles. The third kappa shape index (κ3) is 3.41. The Morgan fingerprint density at radius 3 is 2.85 bits per heavy atom. The number of nitrogens with one attached hydrogen (secondary N) is 1. The number of ether oxygens (including phenoxy) is 2. The Bertz CT molecular complexity index is 1030. The Kier molecular flexibility index (Phi) is 4.98. The number of aromatic nitrogens is 2. The highest BCUT2D eigenvalue weighted by atomic mass is 16.5. The van der Waals surface area contributed by atoms with E-state index in [1.807, 2.05) is 0 Å². The molecule has 1 amide bonds. The summed E-state index contributed by atoms with van der Waals surface area (Å²) in [6, 6.07) is 11.7. The summed E-state index contributed by atoms with van der Waals surface area (Å²) in [7, 11) is 1.48. The van der Waals surface area contributed by atoms with Crippen LogP contribution in [0.5, 0.6) is 11.5 Å². The minimum atomic E-state index is -0.474. The standard InChI is InChI=1S/C19H17N3O4/c1-3-10-26-16-9-8-13(11-17(16)25-2)18(23)21-22-12-20-15-7-5-4-6-14(15)19(22)24/h3-9,11-12H,1,10H2,2H3,(H,21,23). The Hall–Kier alpha value is -3.61. The summed E-state index contributed by atoms with van der Waals surface area (Å²) in [4.78, 5) is 29.1. The lowest BCUT2D eigenvalue weighted by Gasteiger charge is -2.12. The molecule has 0 spiro atoms. The van der Waals surface area contributed by atoms with Crippen molar-refractivity contribution in [2.45, 2.75) is 0 Å². The fourth-order valence-corrected chi connectivity index (χ4v) is 2.40. The maximum atomic E-state index is 12.5. The zero-order valence-corrected chi connectivity index (χ0v) is 14.1. The second-order valence-corrected chi connectivity index (χ2v) is 5.34. The van der Waals surface area contributed by atoms with Crippen molar-refractivity contribution in [3.05, 3.63) is 77.4 Å². The van der Waals surface area contributed by atoms with E-state index in [9.17, 15) is 9.59 Å². The van der Waals surface area contributed by atoms with Crippen molar-refractivity contribution < 1.29 is 14.3 Å². The van der Waals surface area contributed by atoms with Crippen LogP contribution in [0.4, 0.5) is 0 Å². The van der Waals surface area contributed by atoms with Gasteiger partial charge in [0.1, 0.15) is 12.9 Å². The Morgan fingerprint density at radius 1 is 1.27 bits per heavy atom. The zero-order valence-electron chi connectivity index (χ0n) is 14.1. The highest BCUT2D eigenvalue weighted by Crippen LogP contribution is 2.28. The molecule has 0 radical (unpaired) electrons. The van der Waals surface area contributed by atoms with Gasteiger partial charge in [-0.1, -0.05) is 24.8 Å². The molecule has 1 N–H and O–H groups in total. The van der Waals surface area contributed by atoms with E-state index in [1.54, 1.807) is 42.5 Å². The van der Waals surface area contributed by atoms with Gasteiger partial charge < -0.3 is 9.47 Å². The predicted octanol–water partition coefficient (Wildman–Crippen LogP) is 2.35. The number of carbonyl (C=O) groups excluding carboxylic acids is 1. The fourth-order valence-electron chi connectivity index (χ4n) is 2.40. The quantitative estimate of drug-likeness (QED) is 0.690. The van der Waals surface area contributed by atoms with Gasteiger partial charge in [-0.25, -0.2) is 9.66 Å². The molecule has 2 aromatic carbocycles. The van der Waals surface area contributed by atoms with Crippen molar-refractivity contribution in [2.24, 2.45) is 0 Å². The number of benzene rings is 2. The van der Waals surface area contributed by atoms with Gasteiger partial charge in [0.15, 0.2) is 11.5 Å². The largest absolute Gasteiger partial charge is 0.493 e. The predicted molar refractivity (Wildman–Crippen MR) is 98.4 cm³/mol. The number of nitrogens with zero attached hydrogens (tertiary/aromatic N) is 2. The summed E-state index contributed by atoms with van der Waals surface area (Å²) >= 11 is 0. The molecule has 0 bridgehead atoms. The number of rotatable bonds is 6. The highest BCUT2D eigenvalue weighted by Gasteiger charge is 2.13. The van der Waals surface area contributed by atoms with E-state index in [4.69, 9.17) is 9.47 Å². The molecule has 0 atom stereocenters. The molecule has 0 aliphatic rings. The number of methoxy groups -OCH3 is 1. The van der Waals surface area contributed by atoms with E-state index >= 15 is 0 Å². The monoisotopic (exact) mass is 351 g/mol. The van der Waals surface area contributed by atoms with Crippen LogP contribution >= 0.6 is 0 Å². The minimum Gasteiger partial charge on any atom is -0.493 e. The Morgan fingerprint density at radius 2 is 2.08 bits per heavy atom. The van der Waals surface area contributed by atoms with Crippen LogP contribution in [-0.4, -0.2) is 29.3 Å². The van der Waals surface area contributed by atoms with Gasteiger partial charge >= 0.3 is 0 Å². The van der Waals surface area contributed by atoms with Gasteiger partial charge in [0.25, 0.3) is 11.5 Å². The van der Waals surface area contributed by atoms with Gasteiger partial charge in [0.2, 0.25) is 0 Å². The maximum absolute atomic E-state index is 12.5. The van der Waals surface area contributed by atoms with Crippen molar-refractivity contribution in [3.8, 4) is 11.5 Å². The second-order valence-electron chi connectivity index (χ2n) is 5.34. The molecular weight excluding hydrogens is 334 g/mol. The van der Waals surface area contributed by atoms with E-state index in [2.05, 4.69) is 17.0 Å². The maximum Gasteiger partial charge on any atom is 0.280 e. The van der Waals surface area contributed by atoms with E-state index in [0.29, 0.717) is 34.6 Å². The molecule has 7 nitrogen and oxygen atoms in total. The van der Waals surface area contributed by atoms with Crippen molar-refractivity contribution in [1.29, 1.82) is 0 Å². The van der Waals surface area contributed by atoms with Crippen LogP contribution in [0.2, 0.25) is 0 Å². The Labute approximate surface area is 149 Å². The molecule has 0 aliphatic carbocycles. The van der Waals surface area contributed by atoms with Gasteiger partial charge in [-0.15, -0.1) is 0 Å². The lowest BCUT2D eigenvalue weighted by atomic mass is 10.2. The fraction of sp³-hybridized carbons (Fsp3) is 0.105. The average molecular weight is 351 g/mol. The lowest BCUT2D eigenvalue weighted by molar-refractivity contribution is 0.101. The number of fused-ring (bicyclic) bond motifs is 1. The summed E-state index contributed by atoms with van der Waals surface area (Å²) in [5.41, 5.74) is 3.04. The van der Waals surface area contributed by atoms with Gasteiger partial charge in [0, 0.05) is 5.56 Å². The molecule has 3 aromatic rings. The summed E-state index contributed by atoms with van der Waals surface area (Å²) < 4.78 is 11.8. The smallest absolute Gasteiger partial charge is 0.280 e. The van der Waals surface area contributed by atoms with Crippen molar-refractivity contribution in [1.82, 2.24) is 9.66 Å². The third-order valence-electron chi connectivity index (χ3n) is 3.67. The van der Waals surface area contributed by atoms with Crippen LogP contribution in [0.15, 0.2) is 66.2 Å². The first-order valence-corrected chi connectivity index (χ1v) is 7.83. The topological polar surface area (TPSA) is 82.5 Å². The number of hydrogen-bond acceptors (Lipinski definition) is 5. The van der Waals surface area contributed by atoms with Gasteiger partial charge in [-0.05, 0) is 30.3 Å². The molecule has 0 fully saturated rings. The molecular formula is C19H17N3O4. The first-order valence-electron chi connectivity index (χ1n) is 7.83. The molecule has 7 heteroatoms. The SMILES string of the molecule is C=CCOc1ccc(C(=O)Nn2cnc3ccccc3c2=O)cc1OC. The van der Waals surface area contributed by atoms with Crippen molar-refractivity contribution in [2.75, 3.05) is 19.1 Å². The second kappa shape index (κ2) is 7.52. The minimum absolute atomic E-state index is 0.313. The number of hydrogen-bond donors (Lipinski definition) is 1. The van der Waals surface area contributed by atoms with Gasteiger partial charge in [0.05, 0.1) is 18.0 Å². The number of para-hydroxylation sites is 1. The van der Waals surface area contributed by atoms with E-state index in [-0.39, 0.29) is 5.56 Å². The van der Waals surface area contributed by atoms with Crippen LogP contribution in [0.1, 0.15) is 10.4 Å². The molecule has 0 aliphatic heterocycles. The molecule has 0 unspecified atom stereocenters. The molecule has 132 valence electrons. The van der Waals surface area contributed by atoms with Crippen LogP contribution in [0.25, 0.3) is 10.9 Å². The van der Waals surface area contributed by atoms with Crippen molar-refractivity contribution >= 4 is 16.8 Å². The van der Waals surface area contributed by atoms with E-state index < -0.39 is 5.91 Å². The summed E-state index contributed by atoms with van der Waals surface area (Å²) in [6.07, 6.45) is 2.89. The zero-order chi connectivity index (χ0) is 18.5. The van der Waals surface area contributed by atoms with E-state index in [1.165, 1.54) is 19.5 Å². The first kappa shape index (κ1) is 17.2.